The Bertz CT molecular complexity index is 683. The fourth-order valence-corrected chi connectivity index (χ4v) is 4.13. The van der Waals surface area contributed by atoms with Gasteiger partial charge in [0.05, 0.1) is 12.1 Å². The van der Waals surface area contributed by atoms with E-state index in [4.69, 9.17) is 0 Å². The first-order chi connectivity index (χ1) is 13.3. The van der Waals surface area contributed by atoms with Crippen molar-refractivity contribution >= 4 is 5.91 Å². The SMILES string of the molecule is O=C(C1CNCCN1)N1CCN(C(c2ccccc2)c2ccccc2)CC1. The van der Waals surface area contributed by atoms with Crippen LogP contribution >= 0.6 is 0 Å². The molecule has 2 saturated heterocycles. The molecule has 1 unspecified atom stereocenters. The van der Waals surface area contributed by atoms with Crippen molar-refractivity contribution in [3.63, 3.8) is 0 Å². The molecule has 0 radical (unpaired) electrons. The number of rotatable bonds is 4. The zero-order valence-electron chi connectivity index (χ0n) is 15.7. The number of hydrogen-bond donors (Lipinski definition) is 2. The normalized spacial score (nSPS) is 21.4. The van der Waals surface area contributed by atoms with Gasteiger partial charge in [-0.05, 0) is 11.1 Å². The minimum atomic E-state index is -0.0793. The Morgan fingerprint density at radius 1 is 0.852 bits per heavy atom. The van der Waals surface area contributed by atoms with Crippen LogP contribution < -0.4 is 10.6 Å². The lowest BCUT2D eigenvalue weighted by atomic mass is 9.96. The maximum atomic E-state index is 12.8. The maximum absolute atomic E-state index is 12.8. The zero-order chi connectivity index (χ0) is 18.5. The van der Waals surface area contributed by atoms with E-state index in [2.05, 4.69) is 76.2 Å². The van der Waals surface area contributed by atoms with Gasteiger partial charge in [0, 0.05) is 45.8 Å². The van der Waals surface area contributed by atoms with Crippen LogP contribution in [-0.4, -0.2) is 67.6 Å². The van der Waals surface area contributed by atoms with E-state index in [0.29, 0.717) is 0 Å². The average Bonchev–Trinajstić information content (AvgIpc) is 2.76. The fraction of sp³-hybridized carbons (Fsp3) is 0.409. The van der Waals surface area contributed by atoms with Crippen LogP contribution in [0.1, 0.15) is 17.2 Å². The molecule has 27 heavy (non-hydrogen) atoms. The number of carbonyl (C=O) groups excluding carboxylic acids is 1. The molecule has 2 aromatic rings. The Balaban J connectivity index is 1.46. The Kier molecular flexibility index (Phi) is 5.82. The monoisotopic (exact) mass is 364 g/mol. The van der Waals surface area contributed by atoms with E-state index in [-0.39, 0.29) is 18.0 Å². The van der Waals surface area contributed by atoms with Gasteiger partial charge in [0.2, 0.25) is 5.91 Å². The maximum Gasteiger partial charge on any atom is 0.241 e. The highest BCUT2D eigenvalue weighted by atomic mass is 16.2. The Morgan fingerprint density at radius 3 is 1.96 bits per heavy atom. The standard InChI is InChI=1S/C22H28N4O/c27-22(20-17-23-11-12-24-20)26-15-13-25(14-16-26)21(18-7-3-1-4-8-18)19-9-5-2-6-10-19/h1-10,20-21,23-24H,11-17H2. The summed E-state index contributed by atoms with van der Waals surface area (Å²) in [5.41, 5.74) is 2.61. The second-order valence-electron chi connectivity index (χ2n) is 7.30. The molecule has 2 fully saturated rings. The summed E-state index contributed by atoms with van der Waals surface area (Å²) >= 11 is 0. The number of nitrogens with one attached hydrogen (secondary N) is 2. The number of benzene rings is 2. The van der Waals surface area contributed by atoms with Crippen LogP contribution in [0.2, 0.25) is 0 Å². The molecular formula is C22H28N4O. The summed E-state index contributed by atoms with van der Waals surface area (Å²) in [7, 11) is 0. The molecule has 2 N–H and O–H groups in total. The Hall–Kier alpha value is -2.21. The van der Waals surface area contributed by atoms with E-state index < -0.39 is 0 Å². The molecule has 2 heterocycles. The highest BCUT2D eigenvalue weighted by molar-refractivity contribution is 5.82. The van der Waals surface area contributed by atoms with Crippen LogP contribution in [0.25, 0.3) is 0 Å². The van der Waals surface area contributed by atoms with Crippen molar-refractivity contribution in [1.82, 2.24) is 20.4 Å². The first-order valence-electron chi connectivity index (χ1n) is 9.90. The third kappa shape index (κ3) is 4.21. The molecule has 0 saturated carbocycles. The summed E-state index contributed by atoms with van der Waals surface area (Å²) in [5, 5.41) is 6.64. The largest absolute Gasteiger partial charge is 0.339 e. The van der Waals surface area contributed by atoms with Crippen molar-refractivity contribution in [2.45, 2.75) is 12.1 Å². The average molecular weight is 364 g/mol. The number of hydrogen-bond acceptors (Lipinski definition) is 4. The van der Waals surface area contributed by atoms with Gasteiger partial charge < -0.3 is 15.5 Å². The molecule has 2 aromatic carbocycles. The number of piperazine rings is 2. The molecule has 0 bridgehead atoms. The van der Waals surface area contributed by atoms with Gasteiger partial charge in [-0.1, -0.05) is 60.7 Å². The van der Waals surface area contributed by atoms with E-state index in [0.717, 1.165) is 45.8 Å². The summed E-state index contributed by atoms with van der Waals surface area (Å²) in [6, 6.07) is 21.5. The van der Waals surface area contributed by atoms with Gasteiger partial charge in [-0.2, -0.15) is 0 Å². The first-order valence-corrected chi connectivity index (χ1v) is 9.90. The van der Waals surface area contributed by atoms with Crippen molar-refractivity contribution in [1.29, 1.82) is 0 Å². The second kappa shape index (κ2) is 8.65. The lowest BCUT2D eigenvalue weighted by Gasteiger charge is -2.41. The zero-order valence-corrected chi connectivity index (χ0v) is 15.7. The fourth-order valence-electron chi connectivity index (χ4n) is 4.13. The van der Waals surface area contributed by atoms with Gasteiger partial charge in [0.25, 0.3) is 0 Å². The predicted molar refractivity (Wildman–Crippen MR) is 108 cm³/mol. The van der Waals surface area contributed by atoms with Crippen LogP contribution in [-0.2, 0) is 4.79 Å². The molecule has 0 aromatic heterocycles. The molecule has 142 valence electrons. The van der Waals surface area contributed by atoms with Gasteiger partial charge >= 0.3 is 0 Å². The Labute approximate surface area is 161 Å². The molecule has 0 aliphatic carbocycles. The van der Waals surface area contributed by atoms with E-state index >= 15 is 0 Å². The summed E-state index contributed by atoms with van der Waals surface area (Å²) in [4.78, 5) is 17.3. The van der Waals surface area contributed by atoms with E-state index in [1.165, 1.54) is 11.1 Å². The van der Waals surface area contributed by atoms with Crippen LogP contribution in [0.15, 0.2) is 60.7 Å². The van der Waals surface area contributed by atoms with Crippen molar-refractivity contribution in [3.05, 3.63) is 71.8 Å². The summed E-state index contributed by atoms with van der Waals surface area (Å²) in [6.07, 6.45) is 0. The van der Waals surface area contributed by atoms with Crippen molar-refractivity contribution in [2.24, 2.45) is 0 Å². The topological polar surface area (TPSA) is 47.6 Å². The van der Waals surface area contributed by atoms with Gasteiger partial charge in [0.15, 0.2) is 0 Å². The third-order valence-corrected chi connectivity index (χ3v) is 5.56. The quantitative estimate of drug-likeness (QED) is 0.863. The molecule has 5 nitrogen and oxygen atoms in total. The van der Waals surface area contributed by atoms with Crippen LogP contribution in [0.4, 0.5) is 0 Å². The molecular weight excluding hydrogens is 336 g/mol. The van der Waals surface area contributed by atoms with Gasteiger partial charge in [-0.25, -0.2) is 0 Å². The molecule has 2 aliphatic heterocycles. The highest BCUT2D eigenvalue weighted by Gasteiger charge is 2.31. The van der Waals surface area contributed by atoms with Crippen LogP contribution in [0.3, 0.4) is 0 Å². The predicted octanol–water partition coefficient (Wildman–Crippen LogP) is 1.48. The Morgan fingerprint density at radius 2 is 1.44 bits per heavy atom. The first kappa shape index (κ1) is 18.2. The van der Waals surface area contributed by atoms with Gasteiger partial charge in [0.1, 0.15) is 0 Å². The molecule has 4 rings (SSSR count). The number of amides is 1. The van der Waals surface area contributed by atoms with E-state index in [1.54, 1.807) is 0 Å². The third-order valence-electron chi connectivity index (χ3n) is 5.56. The summed E-state index contributed by atoms with van der Waals surface area (Å²) in [6.45, 7) is 5.88. The smallest absolute Gasteiger partial charge is 0.241 e. The van der Waals surface area contributed by atoms with Crippen LogP contribution in [0, 0.1) is 0 Å². The molecule has 5 heteroatoms. The highest BCUT2D eigenvalue weighted by Crippen LogP contribution is 2.29. The molecule has 1 amide bonds. The van der Waals surface area contributed by atoms with E-state index in [1.807, 2.05) is 4.90 Å². The van der Waals surface area contributed by atoms with Crippen LogP contribution in [0.5, 0.6) is 0 Å². The number of nitrogens with zero attached hydrogens (tertiary/aromatic N) is 2. The summed E-state index contributed by atoms with van der Waals surface area (Å²) in [5.74, 6) is 0.234. The van der Waals surface area contributed by atoms with Crippen molar-refractivity contribution in [2.75, 3.05) is 45.8 Å². The van der Waals surface area contributed by atoms with Gasteiger partial charge in [-0.15, -0.1) is 0 Å². The lowest BCUT2D eigenvalue weighted by Crippen LogP contribution is -2.59. The second-order valence-corrected chi connectivity index (χ2v) is 7.30. The molecule has 1 atom stereocenters. The minimum Gasteiger partial charge on any atom is -0.339 e. The van der Waals surface area contributed by atoms with E-state index in [9.17, 15) is 4.79 Å². The van der Waals surface area contributed by atoms with Crippen molar-refractivity contribution in [3.8, 4) is 0 Å². The molecule has 0 spiro atoms. The van der Waals surface area contributed by atoms with Crippen molar-refractivity contribution < 1.29 is 4.79 Å². The minimum absolute atomic E-state index is 0.0793. The number of carbonyl (C=O) groups is 1. The lowest BCUT2D eigenvalue weighted by molar-refractivity contribution is -0.135. The van der Waals surface area contributed by atoms with Gasteiger partial charge in [-0.3, -0.25) is 9.69 Å². The summed E-state index contributed by atoms with van der Waals surface area (Å²) < 4.78 is 0. The molecule has 2 aliphatic rings.